The Hall–Kier alpha value is -0.780. The SMILES string of the molecule is CC(C)(C)C(c1ccccc1)C1CCCCC1. The molecule has 0 radical (unpaired) electrons. The lowest BCUT2D eigenvalue weighted by molar-refractivity contribution is 0.191. The molecule has 0 heterocycles. The fraction of sp³-hybridized carbons (Fsp3) is 0.647. The quantitative estimate of drug-likeness (QED) is 0.638. The third kappa shape index (κ3) is 3.12. The lowest BCUT2D eigenvalue weighted by Gasteiger charge is -2.39. The van der Waals surface area contributed by atoms with Crippen LogP contribution in [0, 0.1) is 11.3 Å². The number of rotatable bonds is 2. The number of hydrogen-bond donors (Lipinski definition) is 0. The van der Waals surface area contributed by atoms with Crippen LogP contribution in [0.5, 0.6) is 0 Å². The molecule has 2 rings (SSSR count). The molecule has 1 aliphatic carbocycles. The van der Waals surface area contributed by atoms with Gasteiger partial charge in [0, 0.05) is 0 Å². The Bertz CT molecular complexity index is 325. The van der Waals surface area contributed by atoms with Crippen molar-refractivity contribution in [2.24, 2.45) is 11.3 Å². The molecule has 1 unspecified atom stereocenters. The molecule has 1 aliphatic rings. The third-order valence-corrected chi connectivity index (χ3v) is 4.21. The van der Waals surface area contributed by atoms with Gasteiger partial charge in [-0.2, -0.15) is 0 Å². The molecule has 1 aromatic rings. The van der Waals surface area contributed by atoms with E-state index in [0.717, 1.165) is 11.8 Å². The van der Waals surface area contributed by atoms with E-state index in [1.165, 1.54) is 32.1 Å². The smallest absolute Gasteiger partial charge is 0.00849 e. The number of benzene rings is 1. The second kappa shape index (κ2) is 5.25. The molecule has 1 aromatic carbocycles. The van der Waals surface area contributed by atoms with Gasteiger partial charge in [-0.15, -0.1) is 0 Å². The molecular formula is C17H26. The molecule has 0 saturated heterocycles. The van der Waals surface area contributed by atoms with Crippen molar-refractivity contribution in [3.8, 4) is 0 Å². The molecule has 94 valence electrons. The normalized spacial score (nSPS) is 20.2. The van der Waals surface area contributed by atoms with E-state index in [1.54, 1.807) is 5.56 Å². The summed E-state index contributed by atoms with van der Waals surface area (Å²) in [6.45, 7) is 7.21. The van der Waals surface area contributed by atoms with Crippen LogP contribution in [0.15, 0.2) is 30.3 Å². The fourth-order valence-electron chi connectivity index (χ4n) is 3.61. The van der Waals surface area contributed by atoms with Crippen molar-refractivity contribution in [3.63, 3.8) is 0 Å². The summed E-state index contributed by atoms with van der Waals surface area (Å²) in [7, 11) is 0. The molecule has 1 saturated carbocycles. The summed E-state index contributed by atoms with van der Waals surface area (Å²) >= 11 is 0. The lowest BCUT2D eigenvalue weighted by Crippen LogP contribution is -2.27. The second-order valence-electron chi connectivity index (χ2n) is 6.65. The van der Waals surface area contributed by atoms with Gasteiger partial charge in [0.15, 0.2) is 0 Å². The fourth-order valence-corrected chi connectivity index (χ4v) is 3.61. The molecule has 0 bridgehead atoms. The first kappa shape index (κ1) is 12.7. The van der Waals surface area contributed by atoms with Crippen molar-refractivity contribution in [2.45, 2.75) is 58.8 Å². The van der Waals surface area contributed by atoms with Gasteiger partial charge in [-0.3, -0.25) is 0 Å². The molecular weight excluding hydrogens is 204 g/mol. The summed E-state index contributed by atoms with van der Waals surface area (Å²) in [6, 6.07) is 11.2. The molecule has 1 fully saturated rings. The molecule has 0 spiro atoms. The minimum atomic E-state index is 0.378. The van der Waals surface area contributed by atoms with Gasteiger partial charge in [0.25, 0.3) is 0 Å². The van der Waals surface area contributed by atoms with Gasteiger partial charge < -0.3 is 0 Å². The van der Waals surface area contributed by atoms with Crippen molar-refractivity contribution in [1.82, 2.24) is 0 Å². The predicted molar refractivity (Wildman–Crippen MR) is 75.2 cm³/mol. The Balaban J connectivity index is 2.25. The van der Waals surface area contributed by atoms with Crippen LogP contribution in [0.3, 0.4) is 0 Å². The standard InChI is InChI=1S/C17H26/c1-17(2,3)16(14-10-6-4-7-11-14)15-12-8-5-9-13-15/h4,6-7,10-11,15-16H,5,8-9,12-13H2,1-3H3. The Labute approximate surface area is 106 Å². The van der Waals surface area contributed by atoms with Crippen LogP contribution < -0.4 is 0 Å². The maximum atomic E-state index is 2.40. The van der Waals surface area contributed by atoms with Gasteiger partial charge in [0.05, 0.1) is 0 Å². The second-order valence-corrected chi connectivity index (χ2v) is 6.65. The van der Waals surface area contributed by atoms with Crippen LogP contribution in [-0.4, -0.2) is 0 Å². The topological polar surface area (TPSA) is 0 Å². The zero-order valence-corrected chi connectivity index (χ0v) is 11.6. The minimum Gasteiger partial charge on any atom is -0.0622 e. The van der Waals surface area contributed by atoms with Gasteiger partial charge in [-0.25, -0.2) is 0 Å². The van der Waals surface area contributed by atoms with Crippen LogP contribution in [0.4, 0.5) is 0 Å². The first-order valence-corrected chi connectivity index (χ1v) is 7.14. The first-order valence-electron chi connectivity index (χ1n) is 7.14. The highest BCUT2D eigenvalue weighted by Crippen LogP contribution is 2.46. The van der Waals surface area contributed by atoms with Crippen molar-refractivity contribution >= 4 is 0 Å². The van der Waals surface area contributed by atoms with Gasteiger partial charge in [0.2, 0.25) is 0 Å². The highest BCUT2D eigenvalue weighted by Gasteiger charge is 2.33. The van der Waals surface area contributed by atoms with E-state index >= 15 is 0 Å². The van der Waals surface area contributed by atoms with E-state index < -0.39 is 0 Å². The zero-order valence-electron chi connectivity index (χ0n) is 11.6. The van der Waals surface area contributed by atoms with E-state index in [2.05, 4.69) is 51.1 Å². The molecule has 0 aromatic heterocycles. The Kier molecular flexibility index (Phi) is 3.91. The van der Waals surface area contributed by atoms with Crippen LogP contribution >= 0.6 is 0 Å². The molecule has 0 nitrogen and oxygen atoms in total. The average Bonchev–Trinajstić information content (AvgIpc) is 2.30. The summed E-state index contributed by atoms with van der Waals surface area (Å²) in [5.74, 6) is 1.62. The largest absolute Gasteiger partial charge is 0.0622 e. The van der Waals surface area contributed by atoms with Gasteiger partial charge >= 0.3 is 0 Å². The molecule has 0 aliphatic heterocycles. The minimum absolute atomic E-state index is 0.378. The van der Waals surface area contributed by atoms with Crippen LogP contribution in [0.1, 0.15) is 64.4 Å². The highest BCUT2D eigenvalue weighted by molar-refractivity contribution is 5.22. The van der Waals surface area contributed by atoms with E-state index in [4.69, 9.17) is 0 Å². The summed E-state index contributed by atoms with van der Waals surface area (Å²) < 4.78 is 0. The van der Waals surface area contributed by atoms with Gasteiger partial charge in [-0.1, -0.05) is 70.4 Å². The first-order chi connectivity index (χ1) is 8.09. The molecule has 0 amide bonds. The molecule has 1 atom stereocenters. The Morgan fingerprint density at radius 3 is 2.06 bits per heavy atom. The van der Waals surface area contributed by atoms with Crippen LogP contribution in [0.2, 0.25) is 0 Å². The summed E-state index contributed by atoms with van der Waals surface area (Å²) in [5, 5.41) is 0. The van der Waals surface area contributed by atoms with Gasteiger partial charge in [0.1, 0.15) is 0 Å². The van der Waals surface area contributed by atoms with E-state index in [-0.39, 0.29) is 0 Å². The highest BCUT2D eigenvalue weighted by atomic mass is 14.4. The van der Waals surface area contributed by atoms with E-state index in [1.807, 2.05) is 0 Å². The van der Waals surface area contributed by atoms with Crippen molar-refractivity contribution in [2.75, 3.05) is 0 Å². The Morgan fingerprint density at radius 2 is 1.53 bits per heavy atom. The maximum absolute atomic E-state index is 2.40. The summed E-state index contributed by atoms with van der Waals surface area (Å²) in [5.41, 5.74) is 1.93. The van der Waals surface area contributed by atoms with Crippen molar-refractivity contribution in [3.05, 3.63) is 35.9 Å². The number of hydrogen-bond acceptors (Lipinski definition) is 0. The van der Waals surface area contributed by atoms with Crippen molar-refractivity contribution in [1.29, 1.82) is 0 Å². The van der Waals surface area contributed by atoms with E-state index in [0.29, 0.717) is 5.41 Å². The summed E-state index contributed by atoms with van der Waals surface area (Å²) in [6.07, 6.45) is 7.17. The van der Waals surface area contributed by atoms with Crippen molar-refractivity contribution < 1.29 is 0 Å². The monoisotopic (exact) mass is 230 g/mol. The molecule has 17 heavy (non-hydrogen) atoms. The van der Waals surface area contributed by atoms with E-state index in [9.17, 15) is 0 Å². The third-order valence-electron chi connectivity index (χ3n) is 4.21. The predicted octanol–water partition coefficient (Wildman–Crippen LogP) is 5.40. The van der Waals surface area contributed by atoms with Crippen LogP contribution in [0.25, 0.3) is 0 Å². The maximum Gasteiger partial charge on any atom is -0.00849 e. The lowest BCUT2D eigenvalue weighted by atomic mass is 9.65. The average molecular weight is 230 g/mol. The molecule has 0 heteroatoms. The Morgan fingerprint density at radius 1 is 0.941 bits per heavy atom. The van der Waals surface area contributed by atoms with Crippen LogP contribution in [-0.2, 0) is 0 Å². The molecule has 0 N–H and O–H groups in total. The summed E-state index contributed by atoms with van der Waals surface area (Å²) in [4.78, 5) is 0. The zero-order chi connectivity index (χ0) is 12.3. The van der Waals surface area contributed by atoms with Gasteiger partial charge in [-0.05, 0) is 35.7 Å².